The van der Waals surface area contributed by atoms with Gasteiger partial charge in [0, 0.05) is 30.2 Å². The minimum Gasteiger partial charge on any atom is -0.334 e. The number of aryl methyl sites for hydroxylation is 3. The molecule has 1 saturated heterocycles. The Morgan fingerprint density at radius 3 is 2.36 bits per heavy atom. The van der Waals surface area contributed by atoms with Crippen LogP contribution in [0.2, 0.25) is 5.02 Å². The van der Waals surface area contributed by atoms with Gasteiger partial charge in [-0.05, 0) is 50.1 Å². The van der Waals surface area contributed by atoms with Gasteiger partial charge in [0.15, 0.2) is 0 Å². The summed E-state index contributed by atoms with van der Waals surface area (Å²) in [5.41, 5.74) is 4.80. The second-order valence-corrected chi connectivity index (χ2v) is 8.34. The highest BCUT2D eigenvalue weighted by Crippen LogP contribution is 2.29. The number of carbonyl (C=O) groups is 2. The molecule has 0 aliphatic carbocycles. The Morgan fingerprint density at radius 2 is 1.75 bits per heavy atom. The second kappa shape index (κ2) is 8.66. The fraction of sp³-hybridized carbons (Fsp3) is 0.364. The summed E-state index contributed by atoms with van der Waals surface area (Å²) in [5, 5.41) is 0.960. The van der Waals surface area contributed by atoms with Crippen molar-refractivity contribution >= 4 is 39.3 Å². The number of halogens is 2. The third kappa shape index (κ3) is 4.41. The van der Waals surface area contributed by atoms with Crippen molar-refractivity contribution in [1.82, 2.24) is 9.80 Å². The van der Waals surface area contributed by atoms with Crippen molar-refractivity contribution < 1.29 is 9.59 Å². The van der Waals surface area contributed by atoms with Crippen LogP contribution in [0.25, 0.3) is 0 Å². The molecule has 1 unspecified atom stereocenters. The molecule has 2 aromatic carbocycles. The lowest BCUT2D eigenvalue weighted by Gasteiger charge is -2.41. The highest BCUT2D eigenvalue weighted by atomic mass is 79.9. The lowest BCUT2D eigenvalue weighted by molar-refractivity contribution is -0.132. The van der Waals surface area contributed by atoms with Gasteiger partial charge in [0.25, 0.3) is 5.91 Å². The molecule has 6 heteroatoms. The first-order valence-corrected chi connectivity index (χ1v) is 10.8. The number of benzene rings is 2. The van der Waals surface area contributed by atoms with Gasteiger partial charge in [0.2, 0.25) is 5.91 Å². The Bertz CT molecular complexity index is 895. The summed E-state index contributed by atoms with van der Waals surface area (Å²) in [6.45, 7) is 7.43. The number of piperazine rings is 1. The molecule has 0 aromatic heterocycles. The van der Waals surface area contributed by atoms with Crippen molar-refractivity contribution in [2.24, 2.45) is 0 Å². The van der Waals surface area contributed by atoms with E-state index in [9.17, 15) is 9.59 Å². The van der Waals surface area contributed by atoms with Crippen LogP contribution in [0.3, 0.4) is 0 Å². The molecule has 0 radical (unpaired) electrons. The van der Waals surface area contributed by atoms with Gasteiger partial charge < -0.3 is 9.80 Å². The fourth-order valence-corrected chi connectivity index (χ4v) is 4.22. The Balaban J connectivity index is 1.91. The molecule has 1 aliphatic rings. The van der Waals surface area contributed by atoms with Gasteiger partial charge in [-0.25, -0.2) is 0 Å². The maximum absolute atomic E-state index is 13.1. The predicted molar refractivity (Wildman–Crippen MR) is 116 cm³/mol. The standard InChI is InChI=1S/C22H24BrClN2O2/c1-14-8-15(2)10-18(9-14)22(28)25-6-7-26(21(27)12-23)20(13-25)17-4-5-19(24)16(3)11-17/h4-5,8-11,20H,6-7,12-13H2,1-3H3. The molecule has 1 atom stereocenters. The highest BCUT2D eigenvalue weighted by molar-refractivity contribution is 9.09. The molecule has 4 nitrogen and oxygen atoms in total. The summed E-state index contributed by atoms with van der Waals surface area (Å²) in [5.74, 6) is 0.0320. The molecule has 0 saturated carbocycles. The van der Waals surface area contributed by atoms with Crippen molar-refractivity contribution in [2.75, 3.05) is 25.0 Å². The van der Waals surface area contributed by atoms with Gasteiger partial charge in [0.1, 0.15) is 0 Å². The van der Waals surface area contributed by atoms with Crippen LogP contribution in [0.1, 0.15) is 38.7 Å². The molecular weight excluding hydrogens is 440 g/mol. The number of alkyl halides is 1. The van der Waals surface area contributed by atoms with Gasteiger partial charge in [-0.1, -0.05) is 56.9 Å². The lowest BCUT2D eigenvalue weighted by atomic mass is 9.99. The number of hydrogen-bond acceptors (Lipinski definition) is 2. The number of carbonyl (C=O) groups excluding carboxylic acids is 2. The molecule has 1 fully saturated rings. The molecule has 1 aliphatic heterocycles. The van der Waals surface area contributed by atoms with Gasteiger partial charge in [-0.2, -0.15) is 0 Å². The van der Waals surface area contributed by atoms with Crippen LogP contribution in [0.4, 0.5) is 0 Å². The predicted octanol–water partition coefficient (Wildman–Crippen LogP) is 4.69. The van der Waals surface area contributed by atoms with Crippen LogP contribution in [-0.4, -0.2) is 46.6 Å². The molecule has 1 heterocycles. The first-order chi connectivity index (χ1) is 13.3. The van der Waals surface area contributed by atoms with Crippen LogP contribution in [0, 0.1) is 20.8 Å². The number of rotatable bonds is 3. The molecule has 3 rings (SSSR count). The molecule has 2 amide bonds. The number of hydrogen-bond donors (Lipinski definition) is 0. The van der Waals surface area contributed by atoms with E-state index >= 15 is 0 Å². The normalized spacial score (nSPS) is 17.0. The molecular formula is C22H24BrClN2O2. The monoisotopic (exact) mass is 462 g/mol. The Hall–Kier alpha value is -1.85. The van der Waals surface area contributed by atoms with Gasteiger partial charge in [-0.3, -0.25) is 9.59 Å². The minimum absolute atomic E-state index is 0.00780. The third-order valence-electron chi connectivity index (χ3n) is 5.14. The maximum Gasteiger partial charge on any atom is 0.254 e. The average Bonchev–Trinajstić information content (AvgIpc) is 2.67. The zero-order valence-corrected chi connectivity index (χ0v) is 18.7. The number of amides is 2. The first kappa shape index (κ1) is 20.9. The van der Waals surface area contributed by atoms with E-state index in [1.165, 1.54) is 0 Å². The topological polar surface area (TPSA) is 40.6 Å². The zero-order valence-electron chi connectivity index (χ0n) is 16.3. The van der Waals surface area contributed by atoms with E-state index in [1.807, 2.05) is 60.9 Å². The van der Waals surface area contributed by atoms with E-state index in [1.54, 1.807) is 0 Å². The van der Waals surface area contributed by atoms with Crippen LogP contribution in [0.15, 0.2) is 36.4 Å². The van der Waals surface area contributed by atoms with E-state index in [4.69, 9.17) is 11.6 Å². The SMILES string of the molecule is Cc1cc(C)cc(C(=O)N2CCN(C(=O)CBr)C(c3ccc(Cl)c(C)c3)C2)c1. The third-order valence-corrected chi connectivity index (χ3v) is 6.04. The summed E-state index contributed by atoms with van der Waals surface area (Å²) in [6, 6.07) is 11.5. The van der Waals surface area contributed by atoms with Crippen LogP contribution in [-0.2, 0) is 4.79 Å². The lowest BCUT2D eigenvalue weighted by Crippen LogP contribution is -2.52. The largest absolute Gasteiger partial charge is 0.334 e. The van der Waals surface area contributed by atoms with E-state index in [0.717, 1.165) is 22.3 Å². The van der Waals surface area contributed by atoms with Crippen molar-refractivity contribution in [2.45, 2.75) is 26.8 Å². The summed E-state index contributed by atoms with van der Waals surface area (Å²) in [4.78, 5) is 29.3. The summed E-state index contributed by atoms with van der Waals surface area (Å²) >= 11 is 9.46. The van der Waals surface area contributed by atoms with Crippen molar-refractivity contribution in [3.8, 4) is 0 Å². The summed E-state index contributed by atoms with van der Waals surface area (Å²) < 4.78 is 0. The smallest absolute Gasteiger partial charge is 0.254 e. The molecule has 28 heavy (non-hydrogen) atoms. The van der Waals surface area contributed by atoms with Crippen LogP contribution < -0.4 is 0 Å². The van der Waals surface area contributed by atoms with Crippen molar-refractivity contribution in [1.29, 1.82) is 0 Å². The Morgan fingerprint density at radius 1 is 1.07 bits per heavy atom. The number of nitrogens with zero attached hydrogens (tertiary/aromatic N) is 2. The second-order valence-electron chi connectivity index (χ2n) is 7.37. The van der Waals surface area contributed by atoms with Gasteiger partial charge in [0.05, 0.1) is 11.4 Å². The summed E-state index contributed by atoms with van der Waals surface area (Å²) in [6.07, 6.45) is 0. The molecule has 2 aromatic rings. The average molecular weight is 464 g/mol. The quantitative estimate of drug-likeness (QED) is 0.620. The summed E-state index contributed by atoms with van der Waals surface area (Å²) in [7, 11) is 0. The molecule has 0 spiro atoms. The molecule has 0 bridgehead atoms. The first-order valence-electron chi connectivity index (χ1n) is 9.29. The Labute approximate surface area is 179 Å². The minimum atomic E-state index is -0.190. The highest BCUT2D eigenvalue weighted by Gasteiger charge is 2.33. The van der Waals surface area contributed by atoms with Crippen LogP contribution in [0.5, 0.6) is 0 Å². The van der Waals surface area contributed by atoms with E-state index < -0.39 is 0 Å². The van der Waals surface area contributed by atoms with E-state index in [0.29, 0.717) is 30.2 Å². The van der Waals surface area contributed by atoms with E-state index in [-0.39, 0.29) is 23.2 Å². The molecule has 0 N–H and O–H groups in total. The van der Waals surface area contributed by atoms with E-state index in [2.05, 4.69) is 22.0 Å². The zero-order chi connectivity index (χ0) is 20.4. The molecule has 148 valence electrons. The van der Waals surface area contributed by atoms with Crippen molar-refractivity contribution in [3.05, 3.63) is 69.2 Å². The maximum atomic E-state index is 13.1. The Kier molecular flexibility index (Phi) is 6.46. The van der Waals surface area contributed by atoms with Gasteiger partial charge in [-0.15, -0.1) is 0 Å². The van der Waals surface area contributed by atoms with Crippen LogP contribution >= 0.6 is 27.5 Å². The van der Waals surface area contributed by atoms with Gasteiger partial charge >= 0.3 is 0 Å². The van der Waals surface area contributed by atoms with Crippen molar-refractivity contribution in [3.63, 3.8) is 0 Å². The fourth-order valence-electron chi connectivity index (χ4n) is 3.78.